The third-order valence-corrected chi connectivity index (χ3v) is 11.4. The Morgan fingerprint density at radius 2 is 1.40 bits per heavy atom. The van der Waals surface area contributed by atoms with E-state index in [1.54, 1.807) is 24.3 Å². The number of fused-ring (bicyclic) bond motifs is 1. The lowest BCUT2D eigenvalue weighted by molar-refractivity contribution is 0.0946. The topological polar surface area (TPSA) is 91.1 Å². The predicted octanol–water partition coefficient (Wildman–Crippen LogP) is 7.39. The molecule has 7 heteroatoms. The average molecular weight is 590 g/mol. The molecule has 0 bridgehead atoms. The van der Waals surface area contributed by atoms with Crippen LogP contribution in [0.3, 0.4) is 0 Å². The summed E-state index contributed by atoms with van der Waals surface area (Å²) in [5.41, 5.74) is 6.51. The molecule has 0 saturated heterocycles. The number of H-pyrrole nitrogens is 1. The molecule has 1 saturated carbocycles. The number of carbonyl (C=O) groups is 1. The highest BCUT2D eigenvalue weighted by Crippen LogP contribution is 2.33. The SMILES string of the molecule is Cc1cc(C)c(S(=O)(=O)c2ccc(CNC(=O)c3cc4c([nH]3)CC3(CCCCCCCCCCC3)NC4)cc2)c(C)c1. The Morgan fingerprint density at radius 3 is 2.00 bits per heavy atom. The molecule has 5 rings (SSSR count). The van der Waals surface area contributed by atoms with Crippen LogP contribution in [0.15, 0.2) is 52.3 Å². The van der Waals surface area contributed by atoms with Gasteiger partial charge in [-0.15, -0.1) is 0 Å². The number of benzene rings is 2. The van der Waals surface area contributed by atoms with Crippen LogP contribution in [0.5, 0.6) is 0 Å². The summed E-state index contributed by atoms with van der Waals surface area (Å²) in [6, 6.07) is 12.6. The van der Waals surface area contributed by atoms with Crippen LogP contribution in [0.4, 0.5) is 0 Å². The number of carbonyl (C=O) groups excluding carboxylic acids is 1. The fourth-order valence-corrected chi connectivity index (χ4v) is 8.77. The van der Waals surface area contributed by atoms with E-state index in [1.807, 2.05) is 39.0 Å². The molecule has 2 heterocycles. The van der Waals surface area contributed by atoms with Crippen LogP contribution in [-0.2, 0) is 29.3 Å². The lowest BCUT2D eigenvalue weighted by atomic mass is 9.79. The van der Waals surface area contributed by atoms with Gasteiger partial charge in [0.1, 0.15) is 5.69 Å². The third kappa shape index (κ3) is 7.00. The van der Waals surface area contributed by atoms with Crippen molar-refractivity contribution in [2.75, 3.05) is 0 Å². The van der Waals surface area contributed by atoms with Crippen molar-refractivity contribution in [3.8, 4) is 0 Å². The van der Waals surface area contributed by atoms with E-state index in [0.29, 0.717) is 17.1 Å². The third-order valence-electron chi connectivity index (χ3n) is 9.28. The Kier molecular flexibility index (Phi) is 9.58. The van der Waals surface area contributed by atoms with Crippen molar-refractivity contribution in [1.29, 1.82) is 0 Å². The van der Waals surface area contributed by atoms with Crippen LogP contribution >= 0.6 is 0 Å². The van der Waals surface area contributed by atoms with Crippen LogP contribution in [0.25, 0.3) is 0 Å². The zero-order valence-corrected chi connectivity index (χ0v) is 26.4. The van der Waals surface area contributed by atoms with Gasteiger partial charge in [-0.1, -0.05) is 87.6 Å². The lowest BCUT2D eigenvalue weighted by Crippen LogP contribution is -2.49. The number of amides is 1. The lowest BCUT2D eigenvalue weighted by Gasteiger charge is -2.39. The van der Waals surface area contributed by atoms with E-state index in [-0.39, 0.29) is 16.3 Å². The number of hydrogen-bond donors (Lipinski definition) is 3. The van der Waals surface area contributed by atoms with Crippen LogP contribution < -0.4 is 10.6 Å². The smallest absolute Gasteiger partial charge is 0.267 e. The number of hydrogen-bond acceptors (Lipinski definition) is 4. The summed E-state index contributed by atoms with van der Waals surface area (Å²) >= 11 is 0. The highest BCUT2D eigenvalue weighted by molar-refractivity contribution is 7.91. The Labute approximate surface area is 252 Å². The normalized spacial score (nSPS) is 18.1. The minimum Gasteiger partial charge on any atom is -0.354 e. The molecule has 1 amide bonds. The van der Waals surface area contributed by atoms with Crippen LogP contribution in [0, 0.1) is 20.8 Å². The molecule has 1 aromatic heterocycles. The molecular formula is C35H47N3O3S. The minimum atomic E-state index is -3.63. The van der Waals surface area contributed by atoms with Crippen molar-refractivity contribution in [2.24, 2.45) is 0 Å². The van der Waals surface area contributed by atoms with Gasteiger partial charge in [0.15, 0.2) is 0 Å². The largest absolute Gasteiger partial charge is 0.354 e. The average Bonchev–Trinajstić information content (AvgIpc) is 3.36. The fraction of sp³-hybridized carbons (Fsp3) is 0.514. The van der Waals surface area contributed by atoms with Gasteiger partial charge in [-0.05, 0) is 74.1 Å². The maximum atomic E-state index is 13.4. The van der Waals surface area contributed by atoms with Gasteiger partial charge in [0.25, 0.3) is 5.91 Å². The van der Waals surface area contributed by atoms with E-state index in [0.717, 1.165) is 35.2 Å². The van der Waals surface area contributed by atoms with E-state index in [4.69, 9.17) is 0 Å². The molecule has 0 unspecified atom stereocenters. The first-order valence-electron chi connectivity index (χ1n) is 15.8. The zero-order valence-electron chi connectivity index (χ0n) is 25.6. The van der Waals surface area contributed by atoms with Gasteiger partial charge in [0.2, 0.25) is 9.84 Å². The minimum absolute atomic E-state index is 0.128. The molecule has 0 atom stereocenters. The number of aromatic nitrogens is 1. The molecule has 2 aliphatic rings. The summed E-state index contributed by atoms with van der Waals surface area (Å²) in [5.74, 6) is -0.139. The molecule has 42 heavy (non-hydrogen) atoms. The number of sulfone groups is 1. The van der Waals surface area contributed by atoms with Gasteiger partial charge in [0.05, 0.1) is 9.79 Å². The fourth-order valence-electron chi connectivity index (χ4n) is 7.08. The molecule has 6 nitrogen and oxygen atoms in total. The van der Waals surface area contributed by atoms with E-state index < -0.39 is 9.84 Å². The molecule has 3 N–H and O–H groups in total. The maximum Gasteiger partial charge on any atom is 0.267 e. The Bertz CT molecular complexity index is 1470. The van der Waals surface area contributed by atoms with E-state index in [9.17, 15) is 13.2 Å². The highest BCUT2D eigenvalue weighted by Gasteiger charge is 2.34. The molecule has 1 fully saturated rings. The van der Waals surface area contributed by atoms with Gasteiger partial charge in [-0.3, -0.25) is 4.79 Å². The van der Waals surface area contributed by atoms with Gasteiger partial charge in [-0.25, -0.2) is 8.42 Å². The predicted molar refractivity (Wildman–Crippen MR) is 169 cm³/mol. The van der Waals surface area contributed by atoms with Crippen molar-refractivity contribution < 1.29 is 13.2 Å². The second-order valence-electron chi connectivity index (χ2n) is 12.7. The second-order valence-corrected chi connectivity index (χ2v) is 14.6. The standard InChI is InChI=1S/C35H47N3O3S/c1-25-19-26(2)33(27(3)20-25)42(40,41)30-15-13-28(14-16-30)23-36-34(39)31-21-29-24-37-35(22-32(29)38-31)17-11-9-7-5-4-6-8-10-12-18-35/h13-16,19-21,37-38H,4-12,17-18,22-24H2,1-3H3,(H,36,39). The first-order chi connectivity index (χ1) is 20.2. The van der Waals surface area contributed by atoms with E-state index in [1.165, 1.54) is 81.9 Å². The van der Waals surface area contributed by atoms with E-state index in [2.05, 4.69) is 15.6 Å². The zero-order chi connectivity index (χ0) is 29.7. The van der Waals surface area contributed by atoms with Gasteiger partial charge >= 0.3 is 0 Å². The molecule has 1 aliphatic heterocycles. The van der Waals surface area contributed by atoms with Crippen LogP contribution in [-0.4, -0.2) is 24.8 Å². The van der Waals surface area contributed by atoms with Crippen molar-refractivity contribution in [3.63, 3.8) is 0 Å². The van der Waals surface area contributed by atoms with Crippen LogP contribution in [0.2, 0.25) is 0 Å². The number of rotatable bonds is 5. The van der Waals surface area contributed by atoms with E-state index >= 15 is 0 Å². The van der Waals surface area contributed by atoms with Gasteiger partial charge in [0, 0.05) is 30.7 Å². The molecule has 226 valence electrons. The highest BCUT2D eigenvalue weighted by atomic mass is 32.2. The summed E-state index contributed by atoms with van der Waals surface area (Å²) in [6.07, 6.45) is 15.3. The summed E-state index contributed by atoms with van der Waals surface area (Å²) < 4.78 is 26.8. The quantitative estimate of drug-likeness (QED) is 0.289. The Balaban J connectivity index is 1.21. The van der Waals surface area contributed by atoms with Crippen molar-refractivity contribution in [3.05, 3.63) is 81.7 Å². The monoisotopic (exact) mass is 589 g/mol. The van der Waals surface area contributed by atoms with Crippen LogP contribution in [0.1, 0.15) is 115 Å². The number of aryl methyl sites for hydroxylation is 3. The second kappa shape index (κ2) is 13.2. The summed E-state index contributed by atoms with van der Waals surface area (Å²) in [4.78, 5) is 17.2. The van der Waals surface area contributed by atoms with Crippen molar-refractivity contribution in [1.82, 2.24) is 15.6 Å². The molecule has 2 aromatic carbocycles. The van der Waals surface area contributed by atoms with Crippen molar-refractivity contribution >= 4 is 15.7 Å². The Hall–Kier alpha value is -2.90. The summed E-state index contributed by atoms with van der Waals surface area (Å²) in [6.45, 7) is 6.78. The maximum absolute atomic E-state index is 13.4. The first kappa shape index (κ1) is 30.6. The molecule has 0 radical (unpaired) electrons. The summed E-state index contributed by atoms with van der Waals surface area (Å²) in [5, 5.41) is 6.91. The number of aromatic amines is 1. The first-order valence-corrected chi connectivity index (χ1v) is 17.3. The van der Waals surface area contributed by atoms with Gasteiger partial charge < -0.3 is 15.6 Å². The molecule has 3 aromatic rings. The van der Waals surface area contributed by atoms with Gasteiger partial charge in [-0.2, -0.15) is 0 Å². The molecule has 1 spiro atoms. The number of nitrogens with one attached hydrogen (secondary N) is 3. The Morgan fingerprint density at radius 1 is 0.833 bits per heavy atom. The summed E-state index contributed by atoms with van der Waals surface area (Å²) in [7, 11) is -3.63. The molecular weight excluding hydrogens is 542 g/mol. The van der Waals surface area contributed by atoms with Crippen molar-refractivity contribution in [2.45, 2.75) is 126 Å². The molecule has 1 aliphatic carbocycles.